The molecule has 76 heavy (non-hydrogen) atoms. The summed E-state index contributed by atoms with van der Waals surface area (Å²) in [5.41, 5.74) is 12.4. The lowest BCUT2D eigenvalue weighted by atomic mass is 9.88. The van der Waals surface area contributed by atoms with E-state index >= 15 is 0 Å². The van der Waals surface area contributed by atoms with Crippen molar-refractivity contribution < 1.29 is 62.0 Å². The Morgan fingerprint density at radius 1 is 0.868 bits per heavy atom. The smallest absolute Gasteiger partial charge is 0.408 e. The van der Waals surface area contributed by atoms with Gasteiger partial charge in [0.05, 0.1) is 55.8 Å². The van der Waals surface area contributed by atoms with Crippen LogP contribution in [0.1, 0.15) is 125 Å². The molecule has 3 saturated heterocycles. The van der Waals surface area contributed by atoms with Crippen LogP contribution < -0.4 is 48.7 Å². The van der Waals surface area contributed by atoms with Crippen molar-refractivity contribution >= 4 is 53.3 Å². The van der Waals surface area contributed by atoms with Crippen LogP contribution >= 0.6 is 0 Å². The summed E-state index contributed by atoms with van der Waals surface area (Å²) in [5.74, 6) is -2.40. The molecular formula is C54H83N9O13. The fourth-order valence-electron chi connectivity index (χ4n) is 8.92. The maximum Gasteiger partial charge on any atom is 0.408 e. The van der Waals surface area contributed by atoms with Crippen molar-refractivity contribution in [3.8, 4) is 0 Å². The quantitative estimate of drug-likeness (QED) is 0.0137. The fourth-order valence-corrected chi connectivity index (χ4v) is 8.92. The lowest BCUT2D eigenvalue weighted by molar-refractivity contribution is -0.143. The number of amides is 8. The summed E-state index contributed by atoms with van der Waals surface area (Å²) in [6.07, 6.45) is 12.6. The minimum absolute atomic E-state index is 0.0301. The van der Waals surface area contributed by atoms with Crippen molar-refractivity contribution in [3.05, 3.63) is 65.8 Å². The number of unbranched alkanes of at least 4 members (excludes halogenated alkanes) is 2. The standard InChI is InChI=1S/C54H83N9O13/c1-33(2)49(63-46(65)13-9-8-10-24-55)51(69)62-43(12-11-25-57-52(56)70)50(68)60-40-19-17-39(18-20-40)30-72-53(71)59-32-58-48(67)27-42-29-54(31-73-54)28-41(76-42)21-14-34(3)15-22-45-35(4)26-44(37(6)75-45)61-47(66)23-16-36(5)74-38(7)64/h14-21,23,33,35-37,41-45,49H,8-13,22,24-32,55H2,1-7H3,(H,58,67)(H,59,71)(H,60,68)(H,61,66)(H,62,69)(H,63,65)(H3,56,57,70). The van der Waals surface area contributed by atoms with Crippen LogP contribution in [0, 0.1) is 11.8 Å². The third-order valence-corrected chi connectivity index (χ3v) is 13.3. The first-order valence-electron chi connectivity index (χ1n) is 26.5. The van der Waals surface area contributed by atoms with Crippen molar-refractivity contribution in [1.82, 2.24) is 31.9 Å². The Hall–Kier alpha value is -6.36. The second-order valence-corrected chi connectivity index (χ2v) is 20.4. The third kappa shape index (κ3) is 23.3. The van der Waals surface area contributed by atoms with Gasteiger partial charge in [0, 0.05) is 44.5 Å². The number of ether oxygens (including phenoxy) is 5. The summed E-state index contributed by atoms with van der Waals surface area (Å²) < 4.78 is 28.9. The van der Waals surface area contributed by atoms with Gasteiger partial charge in [-0.05, 0) is 101 Å². The largest absolute Gasteiger partial charge is 0.459 e. The van der Waals surface area contributed by atoms with Crippen molar-refractivity contribution in [2.45, 2.75) is 180 Å². The number of carbonyl (C=O) groups is 8. The molecule has 1 aromatic carbocycles. The van der Waals surface area contributed by atoms with E-state index < -0.39 is 54.2 Å². The van der Waals surface area contributed by atoms with Gasteiger partial charge in [0.2, 0.25) is 29.5 Å². The predicted molar refractivity (Wildman–Crippen MR) is 284 cm³/mol. The Labute approximate surface area is 446 Å². The number of nitrogens with one attached hydrogen (secondary N) is 7. The van der Waals surface area contributed by atoms with Gasteiger partial charge in [-0.3, -0.25) is 28.8 Å². The number of carbonyl (C=O) groups excluding carboxylic acids is 8. The zero-order chi connectivity index (χ0) is 55.8. The number of anilines is 1. The van der Waals surface area contributed by atoms with Gasteiger partial charge in [-0.15, -0.1) is 0 Å². The van der Waals surface area contributed by atoms with Crippen molar-refractivity contribution in [3.63, 3.8) is 0 Å². The number of alkyl carbamates (subject to hydrolysis) is 1. The summed E-state index contributed by atoms with van der Waals surface area (Å²) in [6, 6.07) is 3.76. The first-order valence-corrected chi connectivity index (χ1v) is 26.5. The molecule has 3 heterocycles. The molecule has 422 valence electrons. The van der Waals surface area contributed by atoms with Gasteiger partial charge in [-0.2, -0.15) is 0 Å². The van der Waals surface area contributed by atoms with Crippen LogP contribution in [-0.4, -0.2) is 128 Å². The van der Waals surface area contributed by atoms with Crippen molar-refractivity contribution in [2.24, 2.45) is 23.3 Å². The molecule has 22 nitrogen and oxygen atoms in total. The lowest BCUT2D eigenvalue weighted by Crippen LogP contribution is -2.54. The summed E-state index contributed by atoms with van der Waals surface area (Å²) in [5, 5.41) is 19.0. The van der Waals surface area contributed by atoms with Gasteiger partial charge in [0.1, 0.15) is 24.8 Å². The normalized spacial score (nSPS) is 23.5. The highest BCUT2D eigenvalue weighted by molar-refractivity contribution is 5.98. The van der Waals surface area contributed by atoms with E-state index in [2.05, 4.69) is 50.2 Å². The van der Waals surface area contributed by atoms with E-state index in [1.807, 2.05) is 26.0 Å². The molecule has 3 fully saturated rings. The molecule has 0 aliphatic carbocycles. The second-order valence-electron chi connectivity index (χ2n) is 20.4. The minimum atomic E-state index is -1.02. The number of hydrogen-bond donors (Lipinski definition) is 9. The van der Waals surface area contributed by atoms with Crippen LogP contribution in [-0.2, 0) is 59.1 Å². The topological polar surface area (TPSA) is 322 Å². The van der Waals surface area contributed by atoms with E-state index in [1.165, 1.54) is 13.0 Å². The first kappa shape index (κ1) is 62.2. The lowest BCUT2D eigenvalue weighted by Gasteiger charge is -2.39. The number of rotatable bonds is 29. The zero-order valence-corrected chi connectivity index (χ0v) is 45.2. The van der Waals surface area contributed by atoms with Crippen molar-refractivity contribution in [1.29, 1.82) is 0 Å². The van der Waals surface area contributed by atoms with Gasteiger partial charge in [-0.25, -0.2) is 9.59 Å². The Balaban J connectivity index is 1.18. The SMILES string of the molecule is CC(=O)OC(C)C=CC(=O)NC1CC(C)C(CC=C(C)C=CC2CC3(CO3)CC(CC(=O)NCNC(=O)OCc3ccc(NC(=O)C(CCCNC(N)=O)NC(=O)C(NC(=O)CCCCCN)C(C)C)cc3)O2)OC1C. The highest BCUT2D eigenvalue weighted by Crippen LogP contribution is 2.43. The maximum absolute atomic E-state index is 13.5. The molecule has 0 radical (unpaired) electrons. The van der Waals surface area contributed by atoms with Gasteiger partial charge < -0.3 is 72.4 Å². The number of hydrogen-bond acceptors (Lipinski definition) is 14. The van der Waals surface area contributed by atoms with Crippen LogP contribution in [0.25, 0.3) is 0 Å². The second kappa shape index (κ2) is 31.6. The van der Waals surface area contributed by atoms with E-state index in [-0.39, 0.29) is 98.6 Å². The van der Waals surface area contributed by atoms with E-state index in [9.17, 15) is 38.4 Å². The molecule has 1 aromatic rings. The number of allylic oxidation sites excluding steroid dienone is 2. The molecular weight excluding hydrogens is 983 g/mol. The average molecular weight is 1070 g/mol. The molecule has 3 aliphatic rings. The molecule has 10 atom stereocenters. The van der Waals surface area contributed by atoms with E-state index in [1.54, 1.807) is 51.1 Å². The Kier molecular flexibility index (Phi) is 25.9. The number of urea groups is 1. The number of epoxide rings is 1. The van der Waals surface area contributed by atoms with Gasteiger partial charge >= 0.3 is 18.1 Å². The van der Waals surface area contributed by atoms with E-state index in [4.69, 9.17) is 35.2 Å². The summed E-state index contributed by atoms with van der Waals surface area (Å²) >= 11 is 0. The number of benzene rings is 1. The zero-order valence-electron chi connectivity index (χ0n) is 45.2. The summed E-state index contributed by atoms with van der Waals surface area (Å²) in [4.78, 5) is 100.0. The molecule has 22 heteroatoms. The summed E-state index contributed by atoms with van der Waals surface area (Å²) in [7, 11) is 0. The van der Waals surface area contributed by atoms with Crippen LogP contribution in [0.5, 0.6) is 0 Å². The van der Waals surface area contributed by atoms with Crippen LogP contribution in [0.4, 0.5) is 15.3 Å². The average Bonchev–Trinajstić information content (AvgIpc) is 4.10. The Morgan fingerprint density at radius 2 is 1.61 bits per heavy atom. The number of esters is 1. The molecule has 8 amide bonds. The molecule has 0 aromatic heterocycles. The summed E-state index contributed by atoms with van der Waals surface area (Å²) in [6.45, 7) is 13.7. The predicted octanol–water partition coefficient (Wildman–Crippen LogP) is 3.92. The van der Waals surface area contributed by atoms with Gasteiger partial charge in [0.15, 0.2) is 0 Å². The van der Waals surface area contributed by atoms with Gasteiger partial charge in [0.25, 0.3) is 0 Å². The highest BCUT2D eigenvalue weighted by Gasteiger charge is 2.51. The van der Waals surface area contributed by atoms with E-state index in [0.717, 1.165) is 24.8 Å². The Morgan fingerprint density at radius 3 is 2.28 bits per heavy atom. The van der Waals surface area contributed by atoms with Crippen LogP contribution in [0.15, 0.2) is 60.2 Å². The fraction of sp³-hybridized carbons (Fsp3) is 0.630. The molecule has 0 saturated carbocycles. The Bertz CT molecular complexity index is 2200. The number of nitrogens with two attached hydrogens (primary N) is 2. The molecule has 10 unspecified atom stereocenters. The van der Waals surface area contributed by atoms with E-state index in [0.29, 0.717) is 56.5 Å². The monoisotopic (exact) mass is 1070 g/mol. The molecule has 3 aliphatic heterocycles. The molecule has 1 spiro atoms. The van der Waals surface area contributed by atoms with Gasteiger partial charge in [-0.1, -0.05) is 63.1 Å². The third-order valence-electron chi connectivity index (χ3n) is 13.3. The molecule has 11 N–H and O–H groups in total. The highest BCUT2D eigenvalue weighted by atomic mass is 16.6. The van der Waals surface area contributed by atoms with Crippen LogP contribution in [0.2, 0.25) is 0 Å². The first-order chi connectivity index (χ1) is 36.1. The minimum Gasteiger partial charge on any atom is -0.459 e. The molecule has 0 bridgehead atoms. The van der Waals surface area contributed by atoms with Crippen LogP contribution in [0.3, 0.4) is 0 Å². The molecule has 4 rings (SSSR count). The van der Waals surface area contributed by atoms with Crippen molar-refractivity contribution in [2.75, 3.05) is 31.7 Å². The maximum atomic E-state index is 13.5. The number of primary amides is 1.